The zero-order valence-electron chi connectivity index (χ0n) is 6.70. The molecule has 0 aliphatic heterocycles. The summed E-state index contributed by atoms with van der Waals surface area (Å²) in [6, 6.07) is 4.04. The monoisotopic (exact) mass is 140 g/mol. The normalized spacial score (nSPS) is 8.89. The van der Waals surface area contributed by atoms with Gasteiger partial charge in [0.25, 0.3) is 0 Å². The number of hydrogen-bond acceptors (Lipinski definition) is 0. The van der Waals surface area contributed by atoms with Crippen LogP contribution in [0, 0.1) is 11.8 Å². The minimum absolute atomic E-state index is 0.383. The highest BCUT2D eigenvalue weighted by atomic mass is 28.3. The van der Waals surface area contributed by atoms with Gasteiger partial charge in [-0.15, -0.1) is 11.8 Å². The highest BCUT2D eigenvalue weighted by Crippen LogP contribution is 2.02. The SMILES string of the molecule is CC#CC[SiH](CC)CC. The van der Waals surface area contributed by atoms with Crippen LogP contribution in [-0.2, 0) is 0 Å². The van der Waals surface area contributed by atoms with E-state index in [0.717, 1.165) is 0 Å². The summed E-state index contributed by atoms with van der Waals surface area (Å²) in [5.74, 6) is 6.11. The molecule has 0 atom stereocenters. The second-order valence-corrected chi connectivity index (χ2v) is 6.09. The topological polar surface area (TPSA) is 0 Å². The van der Waals surface area contributed by atoms with E-state index in [1.807, 2.05) is 6.92 Å². The molecule has 0 bridgehead atoms. The van der Waals surface area contributed by atoms with Crippen LogP contribution in [-0.4, -0.2) is 8.80 Å². The van der Waals surface area contributed by atoms with E-state index in [-0.39, 0.29) is 8.80 Å². The van der Waals surface area contributed by atoms with Gasteiger partial charge in [0.2, 0.25) is 0 Å². The summed E-state index contributed by atoms with van der Waals surface area (Å²) >= 11 is 0. The first-order valence-electron chi connectivity index (χ1n) is 3.74. The van der Waals surface area contributed by atoms with Crippen molar-refractivity contribution in [2.75, 3.05) is 0 Å². The van der Waals surface area contributed by atoms with Gasteiger partial charge in [0.1, 0.15) is 0 Å². The van der Waals surface area contributed by atoms with Crippen LogP contribution < -0.4 is 0 Å². The van der Waals surface area contributed by atoms with Gasteiger partial charge in [0.05, 0.1) is 0 Å². The van der Waals surface area contributed by atoms with Crippen molar-refractivity contribution in [3.8, 4) is 11.8 Å². The molecular formula is C8H16Si. The molecular weight excluding hydrogens is 124 g/mol. The van der Waals surface area contributed by atoms with Gasteiger partial charge < -0.3 is 0 Å². The first-order valence-corrected chi connectivity index (χ1v) is 6.19. The van der Waals surface area contributed by atoms with E-state index in [4.69, 9.17) is 0 Å². The van der Waals surface area contributed by atoms with Gasteiger partial charge in [0, 0.05) is 14.8 Å². The zero-order valence-corrected chi connectivity index (χ0v) is 7.85. The van der Waals surface area contributed by atoms with Crippen LogP contribution in [0.15, 0.2) is 0 Å². The maximum atomic E-state index is 3.16. The van der Waals surface area contributed by atoms with Crippen molar-refractivity contribution in [1.82, 2.24) is 0 Å². The van der Waals surface area contributed by atoms with Gasteiger partial charge in [-0.25, -0.2) is 0 Å². The van der Waals surface area contributed by atoms with E-state index in [1.165, 1.54) is 18.1 Å². The van der Waals surface area contributed by atoms with Gasteiger partial charge in [0.15, 0.2) is 0 Å². The molecule has 0 aromatic carbocycles. The Hall–Kier alpha value is -0.223. The number of rotatable bonds is 3. The molecule has 9 heavy (non-hydrogen) atoms. The smallest absolute Gasteiger partial charge is 0.0499 e. The van der Waals surface area contributed by atoms with E-state index in [1.54, 1.807) is 0 Å². The molecule has 0 aliphatic rings. The first kappa shape index (κ1) is 8.78. The van der Waals surface area contributed by atoms with E-state index < -0.39 is 0 Å². The van der Waals surface area contributed by atoms with Gasteiger partial charge in [-0.05, 0) is 6.92 Å². The molecule has 0 spiro atoms. The summed E-state index contributed by atoms with van der Waals surface area (Å²) in [6.07, 6.45) is 0. The van der Waals surface area contributed by atoms with Crippen LogP contribution in [0.4, 0.5) is 0 Å². The third-order valence-electron chi connectivity index (χ3n) is 1.72. The summed E-state index contributed by atoms with van der Waals surface area (Å²) in [5.41, 5.74) is 0. The standard InChI is InChI=1S/C8H16Si/c1-4-7-8-9(5-2)6-3/h9H,5-6,8H2,1-3H3. The fourth-order valence-corrected chi connectivity index (χ4v) is 2.47. The quantitative estimate of drug-likeness (QED) is 0.417. The van der Waals surface area contributed by atoms with Gasteiger partial charge in [-0.1, -0.05) is 25.9 Å². The first-order chi connectivity index (χ1) is 4.35. The van der Waals surface area contributed by atoms with Gasteiger partial charge >= 0.3 is 0 Å². The molecule has 0 heterocycles. The lowest BCUT2D eigenvalue weighted by Crippen LogP contribution is -2.06. The highest BCUT2D eigenvalue weighted by molar-refractivity contribution is 6.59. The maximum Gasteiger partial charge on any atom is 0.0499 e. The lowest BCUT2D eigenvalue weighted by molar-refractivity contribution is 1.29. The summed E-state index contributed by atoms with van der Waals surface area (Å²) in [6.45, 7) is 6.51. The molecule has 0 N–H and O–H groups in total. The molecule has 0 saturated heterocycles. The zero-order chi connectivity index (χ0) is 7.11. The average Bonchev–Trinajstić information content (AvgIpc) is 1.91. The van der Waals surface area contributed by atoms with Crippen molar-refractivity contribution in [2.45, 2.75) is 38.9 Å². The van der Waals surface area contributed by atoms with Crippen molar-refractivity contribution >= 4 is 8.80 Å². The predicted molar refractivity (Wildman–Crippen MR) is 46.4 cm³/mol. The molecule has 0 saturated carbocycles. The molecule has 0 rings (SSSR count). The summed E-state index contributed by atoms with van der Waals surface area (Å²) < 4.78 is 0. The van der Waals surface area contributed by atoms with Crippen molar-refractivity contribution in [1.29, 1.82) is 0 Å². The summed E-state index contributed by atoms with van der Waals surface area (Å²) in [4.78, 5) is 0. The minimum atomic E-state index is -0.383. The van der Waals surface area contributed by atoms with E-state index >= 15 is 0 Å². The van der Waals surface area contributed by atoms with Gasteiger partial charge in [-0.3, -0.25) is 0 Å². The van der Waals surface area contributed by atoms with Crippen LogP contribution in [0.5, 0.6) is 0 Å². The van der Waals surface area contributed by atoms with Gasteiger partial charge in [-0.2, -0.15) is 0 Å². The van der Waals surface area contributed by atoms with Crippen LogP contribution in [0.2, 0.25) is 18.1 Å². The Morgan fingerprint density at radius 1 is 1.22 bits per heavy atom. The minimum Gasteiger partial charge on any atom is -0.107 e. The van der Waals surface area contributed by atoms with Crippen molar-refractivity contribution in [3.63, 3.8) is 0 Å². The van der Waals surface area contributed by atoms with Crippen LogP contribution in [0.25, 0.3) is 0 Å². The Morgan fingerprint density at radius 3 is 2.11 bits per heavy atom. The number of hydrogen-bond donors (Lipinski definition) is 0. The molecule has 0 aromatic heterocycles. The molecule has 0 fully saturated rings. The summed E-state index contributed by atoms with van der Waals surface area (Å²) in [5, 5.41) is 0. The second kappa shape index (κ2) is 5.91. The molecule has 0 unspecified atom stereocenters. The molecule has 0 aromatic rings. The van der Waals surface area contributed by atoms with Crippen LogP contribution in [0.3, 0.4) is 0 Å². The Kier molecular flexibility index (Phi) is 5.76. The summed E-state index contributed by atoms with van der Waals surface area (Å²) in [7, 11) is -0.383. The fourth-order valence-electron chi connectivity index (χ4n) is 0.824. The molecule has 0 nitrogen and oxygen atoms in total. The highest BCUT2D eigenvalue weighted by Gasteiger charge is 2.00. The fraction of sp³-hybridized carbons (Fsp3) is 0.750. The third-order valence-corrected chi connectivity index (χ3v) is 4.81. The Bertz CT molecular complexity index is 103. The predicted octanol–water partition coefficient (Wildman–Crippen LogP) is 2.28. The second-order valence-electron chi connectivity index (χ2n) is 2.31. The molecule has 0 aliphatic carbocycles. The third kappa shape index (κ3) is 4.29. The maximum absolute atomic E-state index is 3.16. The van der Waals surface area contributed by atoms with Crippen molar-refractivity contribution < 1.29 is 0 Å². The van der Waals surface area contributed by atoms with E-state index in [9.17, 15) is 0 Å². The Labute approximate surface area is 60.3 Å². The van der Waals surface area contributed by atoms with E-state index in [2.05, 4.69) is 25.7 Å². The lowest BCUT2D eigenvalue weighted by Gasteiger charge is -2.02. The van der Waals surface area contributed by atoms with Crippen molar-refractivity contribution in [2.24, 2.45) is 0 Å². The Morgan fingerprint density at radius 2 is 1.78 bits per heavy atom. The van der Waals surface area contributed by atoms with Crippen LogP contribution >= 0.6 is 0 Å². The molecule has 1 heteroatoms. The molecule has 52 valence electrons. The largest absolute Gasteiger partial charge is 0.107 e. The van der Waals surface area contributed by atoms with Crippen molar-refractivity contribution in [3.05, 3.63) is 0 Å². The lowest BCUT2D eigenvalue weighted by atomic mass is 10.7. The molecule has 0 amide bonds. The molecule has 0 radical (unpaired) electrons. The van der Waals surface area contributed by atoms with E-state index in [0.29, 0.717) is 0 Å². The average molecular weight is 140 g/mol. The van der Waals surface area contributed by atoms with Crippen LogP contribution in [0.1, 0.15) is 20.8 Å². The Balaban J connectivity index is 3.39.